The molecular weight excluding hydrogens is 297 g/mol. The van der Waals surface area contributed by atoms with Gasteiger partial charge >= 0.3 is 7.12 Å². The Morgan fingerprint density at radius 3 is 2.65 bits per heavy atom. The number of hydrogen-bond acceptors (Lipinski definition) is 5. The van der Waals surface area contributed by atoms with Crippen LogP contribution < -0.4 is 10.2 Å². The normalized spacial score (nSPS) is 12.7. The van der Waals surface area contributed by atoms with E-state index in [-0.39, 0.29) is 4.21 Å². The minimum absolute atomic E-state index is 0.108. The highest BCUT2D eigenvalue weighted by Crippen LogP contribution is 2.17. The molecule has 1 aromatic heterocycles. The molecule has 1 aromatic rings. The summed E-state index contributed by atoms with van der Waals surface area (Å²) in [7, 11) is -4.86. The predicted octanol–water partition coefficient (Wildman–Crippen LogP) is 1.33. The molecule has 5 nitrogen and oxygen atoms in total. The van der Waals surface area contributed by atoms with Crippen molar-refractivity contribution in [1.29, 1.82) is 0 Å². The van der Waals surface area contributed by atoms with Crippen LogP contribution in [0.4, 0.5) is 0 Å². The highest BCUT2D eigenvalue weighted by atomic mass is 32.2. The van der Waals surface area contributed by atoms with Crippen LogP contribution in [0.2, 0.25) is 0 Å². The molecule has 20 heavy (non-hydrogen) atoms. The van der Waals surface area contributed by atoms with Gasteiger partial charge < -0.3 is 9.68 Å². The molecule has 0 aliphatic heterocycles. The van der Waals surface area contributed by atoms with E-state index in [1.807, 2.05) is 6.92 Å². The molecule has 0 fully saturated rings. The van der Waals surface area contributed by atoms with Gasteiger partial charge in [0.25, 0.3) is 0 Å². The van der Waals surface area contributed by atoms with Crippen molar-refractivity contribution in [1.82, 2.24) is 4.72 Å². The first kappa shape index (κ1) is 17.6. The topological polar surface area (TPSA) is 75.6 Å². The average Bonchev–Trinajstić information content (AvgIpc) is 2.75. The summed E-state index contributed by atoms with van der Waals surface area (Å²) in [6.07, 6.45) is 1.77. The SMILES string of the molecule is CCCCOB(O)c1ccsc1S(=O)(=O)NC(C)(C)C. The Kier molecular flexibility index (Phi) is 6.21. The summed E-state index contributed by atoms with van der Waals surface area (Å²) in [5.41, 5.74) is -0.281. The second-order valence-corrected chi connectivity index (χ2v) is 8.39. The van der Waals surface area contributed by atoms with Crippen LogP contribution >= 0.6 is 11.3 Å². The quantitative estimate of drug-likeness (QED) is 0.587. The molecule has 1 heterocycles. The van der Waals surface area contributed by atoms with Crippen LogP contribution in [0, 0.1) is 0 Å². The predicted molar refractivity (Wildman–Crippen MR) is 82.9 cm³/mol. The van der Waals surface area contributed by atoms with E-state index in [2.05, 4.69) is 4.72 Å². The van der Waals surface area contributed by atoms with E-state index in [1.54, 1.807) is 32.2 Å². The van der Waals surface area contributed by atoms with Gasteiger partial charge in [-0.3, -0.25) is 0 Å². The lowest BCUT2D eigenvalue weighted by Crippen LogP contribution is -2.44. The van der Waals surface area contributed by atoms with Gasteiger partial charge in [0.15, 0.2) is 0 Å². The van der Waals surface area contributed by atoms with E-state index in [4.69, 9.17) is 4.65 Å². The van der Waals surface area contributed by atoms with Crippen molar-refractivity contribution in [2.45, 2.75) is 50.3 Å². The fourth-order valence-electron chi connectivity index (χ4n) is 1.59. The van der Waals surface area contributed by atoms with E-state index in [0.29, 0.717) is 12.1 Å². The zero-order chi connectivity index (χ0) is 15.4. The standard InChI is InChI=1S/C12H22BNO4S2/c1-5-6-8-18-13(15)10-7-9-19-11(10)20(16,17)14-12(2,3)4/h7,9,14-15H,5-6,8H2,1-4H3. The molecule has 0 aromatic carbocycles. The Bertz CT molecular complexity index is 522. The molecule has 0 unspecified atom stereocenters. The maximum Gasteiger partial charge on any atom is 0.493 e. The highest BCUT2D eigenvalue weighted by molar-refractivity contribution is 7.91. The van der Waals surface area contributed by atoms with Crippen molar-refractivity contribution in [3.8, 4) is 0 Å². The summed E-state index contributed by atoms with van der Waals surface area (Å²) in [5.74, 6) is 0. The lowest BCUT2D eigenvalue weighted by molar-refractivity contribution is 0.264. The van der Waals surface area contributed by atoms with Gasteiger partial charge in [0, 0.05) is 17.6 Å². The lowest BCUT2D eigenvalue weighted by atomic mass is 9.82. The van der Waals surface area contributed by atoms with Gasteiger partial charge in [-0.25, -0.2) is 13.1 Å². The Balaban J connectivity index is 2.90. The molecule has 2 N–H and O–H groups in total. The molecule has 8 heteroatoms. The molecule has 0 saturated heterocycles. The monoisotopic (exact) mass is 319 g/mol. The molecule has 0 saturated carbocycles. The number of thiophene rings is 1. The van der Waals surface area contributed by atoms with Gasteiger partial charge in [-0.2, -0.15) is 0 Å². The van der Waals surface area contributed by atoms with Crippen LogP contribution in [0.5, 0.6) is 0 Å². The number of unbranched alkanes of at least 4 members (excludes halogenated alkanes) is 1. The van der Waals surface area contributed by atoms with Gasteiger partial charge in [0.2, 0.25) is 10.0 Å². The second kappa shape index (κ2) is 7.04. The van der Waals surface area contributed by atoms with Gasteiger partial charge in [0.1, 0.15) is 4.21 Å². The molecule has 0 aliphatic rings. The summed E-state index contributed by atoms with van der Waals surface area (Å²) in [6, 6.07) is 1.58. The Morgan fingerprint density at radius 2 is 2.10 bits per heavy atom. The molecule has 114 valence electrons. The fraction of sp³-hybridized carbons (Fsp3) is 0.667. The van der Waals surface area contributed by atoms with Crippen molar-refractivity contribution < 1.29 is 18.1 Å². The van der Waals surface area contributed by atoms with Crippen molar-refractivity contribution in [3.63, 3.8) is 0 Å². The minimum atomic E-state index is -3.65. The molecular formula is C12H22BNO4S2. The molecule has 0 radical (unpaired) electrons. The van der Waals surface area contributed by atoms with Crippen LogP contribution in [-0.4, -0.2) is 32.7 Å². The van der Waals surface area contributed by atoms with Crippen LogP contribution in [0.25, 0.3) is 0 Å². The molecule has 0 spiro atoms. The van der Waals surface area contributed by atoms with Crippen LogP contribution in [0.15, 0.2) is 15.7 Å². The summed E-state index contributed by atoms with van der Waals surface area (Å²) >= 11 is 1.07. The van der Waals surface area contributed by atoms with Gasteiger partial charge in [0.05, 0.1) is 0 Å². The molecule has 0 atom stereocenters. The summed E-state index contributed by atoms with van der Waals surface area (Å²) in [5, 5.41) is 11.6. The second-order valence-electron chi connectivity index (χ2n) is 5.60. The third kappa shape index (κ3) is 5.18. The van der Waals surface area contributed by atoms with Crippen LogP contribution in [0.1, 0.15) is 40.5 Å². The van der Waals surface area contributed by atoms with Gasteiger partial charge in [-0.05, 0) is 32.6 Å². The fourth-order valence-corrected chi connectivity index (χ4v) is 4.40. The van der Waals surface area contributed by atoms with E-state index < -0.39 is 22.7 Å². The Hall–Kier alpha value is -0.405. The van der Waals surface area contributed by atoms with Crippen molar-refractivity contribution in [3.05, 3.63) is 11.4 Å². The maximum absolute atomic E-state index is 12.3. The first-order valence-electron chi connectivity index (χ1n) is 6.58. The summed E-state index contributed by atoms with van der Waals surface area (Å²) in [6.45, 7) is 7.73. The highest BCUT2D eigenvalue weighted by Gasteiger charge is 2.31. The summed E-state index contributed by atoms with van der Waals surface area (Å²) < 4.78 is 32.5. The van der Waals surface area contributed by atoms with Gasteiger partial charge in [-0.15, -0.1) is 11.3 Å². The maximum atomic E-state index is 12.3. The zero-order valence-electron chi connectivity index (χ0n) is 12.3. The van der Waals surface area contributed by atoms with Crippen LogP contribution in [-0.2, 0) is 14.7 Å². The summed E-state index contributed by atoms with van der Waals surface area (Å²) in [4.78, 5) is 0. The number of hydrogen-bond donors (Lipinski definition) is 2. The number of sulfonamides is 1. The minimum Gasteiger partial charge on any atom is -0.423 e. The largest absolute Gasteiger partial charge is 0.493 e. The van der Waals surface area contributed by atoms with Gasteiger partial charge in [-0.1, -0.05) is 19.4 Å². The van der Waals surface area contributed by atoms with Crippen molar-refractivity contribution >= 4 is 33.9 Å². The third-order valence-corrected chi connectivity index (χ3v) is 5.66. The first-order valence-corrected chi connectivity index (χ1v) is 8.94. The third-order valence-electron chi connectivity index (χ3n) is 2.38. The number of rotatable bonds is 7. The Labute approximate surface area is 125 Å². The smallest absolute Gasteiger partial charge is 0.423 e. The molecule has 0 aliphatic carbocycles. The van der Waals surface area contributed by atoms with Crippen molar-refractivity contribution in [2.75, 3.05) is 6.61 Å². The van der Waals surface area contributed by atoms with E-state index >= 15 is 0 Å². The molecule has 0 bridgehead atoms. The molecule has 0 amide bonds. The average molecular weight is 319 g/mol. The van der Waals surface area contributed by atoms with Crippen LogP contribution in [0.3, 0.4) is 0 Å². The number of nitrogens with one attached hydrogen (secondary N) is 1. The molecule has 1 rings (SSSR count). The first-order chi connectivity index (χ1) is 9.17. The zero-order valence-corrected chi connectivity index (χ0v) is 14.0. The Morgan fingerprint density at radius 1 is 1.45 bits per heavy atom. The van der Waals surface area contributed by atoms with E-state index in [1.165, 1.54) is 0 Å². The van der Waals surface area contributed by atoms with E-state index in [0.717, 1.165) is 24.2 Å². The van der Waals surface area contributed by atoms with E-state index in [9.17, 15) is 13.4 Å². The van der Waals surface area contributed by atoms with Crippen molar-refractivity contribution in [2.24, 2.45) is 0 Å². The lowest BCUT2D eigenvalue weighted by Gasteiger charge is -2.20.